The van der Waals surface area contributed by atoms with Gasteiger partial charge in [-0.25, -0.2) is 4.98 Å². The number of methoxy groups -OCH3 is 1. The molecule has 1 amide bonds. The number of hydrogen-bond acceptors (Lipinski definition) is 6. The van der Waals surface area contributed by atoms with Gasteiger partial charge in [-0.15, -0.1) is 11.3 Å². The summed E-state index contributed by atoms with van der Waals surface area (Å²) in [5, 5.41) is 7.47. The molecule has 1 aliphatic rings. The molecule has 1 aromatic rings. The Morgan fingerprint density at radius 2 is 2.07 bits per heavy atom. The molecule has 9 heteroatoms. The number of ether oxygens (including phenoxy) is 1. The van der Waals surface area contributed by atoms with Crippen molar-refractivity contribution in [1.29, 1.82) is 0 Å². The number of nitrogens with zero attached hydrogens (tertiary/aromatic N) is 4. The van der Waals surface area contributed by atoms with E-state index < -0.39 is 0 Å². The van der Waals surface area contributed by atoms with Crippen LogP contribution in [0, 0.1) is 0 Å². The quantitative estimate of drug-likeness (QED) is 0.353. The molecular weight excluding hydrogens is 364 g/mol. The number of amides is 1. The zero-order valence-electron chi connectivity index (χ0n) is 16.7. The number of guanidine groups is 1. The number of thiazole rings is 1. The van der Waals surface area contributed by atoms with Crippen molar-refractivity contribution in [1.82, 2.24) is 25.4 Å². The monoisotopic (exact) mass is 396 g/mol. The van der Waals surface area contributed by atoms with E-state index in [1.165, 1.54) is 9.88 Å². The fourth-order valence-electron chi connectivity index (χ4n) is 2.91. The summed E-state index contributed by atoms with van der Waals surface area (Å²) >= 11 is 1.78. The molecule has 2 N–H and O–H groups in total. The first-order chi connectivity index (χ1) is 13.2. The van der Waals surface area contributed by atoms with Crippen molar-refractivity contribution in [2.75, 3.05) is 66.6 Å². The summed E-state index contributed by atoms with van der Waals surface area (Å²) in [4.78, 5) is 26.5. The molecule has 0 aromatic carbocycles. The minimum atomic E-state index is 0.0536. The third-order valence-electron chi connectivity index (χ3n) is 4.45. The first-order valence-corrected chi connectivity index (χ1v) is 10.3. The van der Waals surface area contributed by atoms with E-state index in [1.807, 2.05) is 13.2 Å². The van der Waals surface area contributed by atoms with Crippen LogP contribution < -0.4 is 10.6 Å². The Labute approximate surface area is 166 Å². The lowest BCUT2D eigenvalue weighted by Gasteiger charge is -2.36. The maximum atomic E-state index is 11.9. The molecule has 8 nitrogen and oxygen atoms in total. The Balaban J connectivity index is 1.67. The maximum absolute atomic E-state index is 11.9. The highest BCUT2D eigenvalue weighted by atomic mass is 32.1. The van der Waals surface area contributed by atoms with Gasteiger partial charge in [0.25, 0.3) is 0 Å². The molecule has 1 fully saturated rings. The second-order valence-corrected chi connectivity index (χ2v) is 7.60. The van der Waals surface area contributed by atoms with Crippen LogP contribution in [0.4, 0.5) is 0 Å². The Bertz CT molecular complexity index is 598. The van der Waals surface area contributed by atoms with Crippen molar-refractivity contribution in [2.45, 2.75) is 19.8 Å². The summed E-state index contributed by atoms with van der Waals surface area (Å²) in [6, 6.07) is 0. The number of aryl methyl sites for hydroxylation is 1. The van der Waals surface area contributed by atoms with Gasteiger partial charge in [0.2, 0.25) is 5.91 Å². The average Bonchev–Trinajstić information content (AvgIpc) is 3.14. The zero-order valence-corrected chi connectivity index (χ0v) is 17.5. The van der Waals surface area contributed by atoms with Crippen LogP contribution in [-0.4, -0.2) is 93.2 Å². The second-order valence-electron chi connectivity index (χ2n) is 6.40. The number of hydrogen-bond donors (Lipinski definition) is 2. The topological polar surface area (TPSA) is 82.1 Å². The second kappa shape index (κ2) is 11.9. The van der Waals surface area contributed by atoms with E-state index in [-0.39, 0.29) is 5.91 Å². The molecule has 152 valence electrons. The van der Waals surface area contributed by atoms with E-state index in [2.05, 4.69) is 37.3 Å². The first-order valence-electron chi connectivity index (χ1n) is 9.53. The average molecular weight is 397 g/mol. The van der Waals surface area contributed by atoms with E-state index in [9.17, 15) is 4.79 Å². The van der Waals surface area contributed by atoms with E-state index in [0.717, 1.165) is 51.5 Å². The van der Waals surface area contributed by atoms with Crippen molar-refractivity contribution in [2.24, 2.45) is 4.99 Å². The largest absolute Gasteiger partial charge is 0.383 e. The van der Waals surface area contributed by atoms with Gasteiger partial charge in [0.05, 0.1) is 18.2 Å². The number of aliphatic imine (C=N–C) groups is 1. The Morgan fingerprint density at radius 1 is 1.30 bits per heavy atom. The summed E-state index contributed by atoms with van der Waals surface area (Å²) in [5.74, 6) is 0.976. The van der Waals surface area contributed by atoms with Crippen LogP contribution in [0.25, 0.3) is 0 Å². The third-order valence-corrected chi connectivity index (χ3v) is 5.65. The normalized spacial score (nSPS) is 15.8. The van der Waals surface area contributed by atoms with E-state index in [4.69, 9.17) is 4.74 Å². The highest BCUT2D eigenvalue weighted by Crippen LogP contribution is 2.13. The summed E-state index contributed by atoms with van der Waals surface area (Å²) in [6.07, 6.45) is 3.92. The lowest BCUT2D eigenvalue weighted by Crippen LogP contribution is -2.54. The predicted octanol–water partition coefficient (Wildman–Crippen LogP) is 0.204. The minimum Gasteiger partial charge on any atom is -0.383 e. The maximum Gasteiger partial charge on any atom is 0.234 e. The lowest BCUT2D eigenvalue weighted by atomic mass is 10.3. The van der Waals surface area contributed by atoms with Gasteiger partial charge < -0.3 is 20.3 Å². The van der Waals surface area contributed by atoms with Gasteiger partial charge in [0.1, 0.15) is 0 Å². The predicted molar refractivity (Wildman–Crippen MR) is 109 cm³/mol. The van der Waals surface area contributed by atoms with Crippen LogP contribution in [0.5, 0.6) is 0 Å². The molecule has 1 saturated heterocycles. The molecule has 1 aromatic heterocycles. The van der Waals surface area contributed by atoms with Gasteiger partial charge in [0, 0.05) is 70.9 Å². The molecule has 1 aliphatic heterocycles. The van der Waals surface area contributed by atoms with Crippen LogP contribution in [0.15, 0.2) is 11.2 Å². The smallest absolute Gasteiger partial charge is 0.234 e. The van der Waals surface area contributed by atoms with Gasteiger partial charge in [-0.05, 0) is 6.42 Å². The molecular formula is C18H32N6O2S. The Kier molecular flexibility index (Phi) is 9.51. The molecule has 0 atom stereocenters. The number of aromatic nitrogens is 1. The number of carbonyl (C=O) groups excluding carboxylic acids is 1. The van der Waals surface area contributed by atoms with Crippen LogP contribution in [0.2, 0.25) is 0 Å². The molecule has 27 heavy (non-hydrogen) atoms. The number of rotatable bonds is 9. The third kappa shape index (κ3) is 7.43. The molecule has 0 spiro atoms. The molecule has 2 heterocycles. The summed E-state index contributed by atoms with van der Waals surface area (Å²) < 4.78 is 4.94. The lowest BCUT2D eigenvalue weighted by molar-refractivity contribution is -0.122. The number of nitrogens with one attached hydrogen (secondary N) is 2. The standard InChI is InChI=1S/C18H32N6O2S/c1-4-15-13-22-17(27-15)5-6-21-18(19-2)24-10-8-23(9-11-24)14-16(25)20-7-12-26-3/h13H,4-12,14H2,1-3H3,(H,19,21)(H,20,25). The van der Waals surface area contributed by atoms with Gasteiger partial charge >= 0.3 is 0 Å². The van der Waals surface area contributed by atoms with Gasteiger partial charge in [0.15, 0.2) is 5.96 Å². The van der Waals surface area contributed by atoms with E-state index in [0.29, 0.717) is 19.7 Å². The van der Waals surface area contributed by atoms with E-state index in [1.54, 1.807) is 18.4 Å². The molecule has 0 unspecified atom stereocenters. The van der Waals surface area contributed by atoms with Crippen LogP contribution in [0.3, 0.4) is 0 Å². The fraction of sp³-hybridized carbons (Fsp3) is 0.722. The molecule has 2 rings (SSSR count). The van der Waals surface area contributed by atoms with Gasteiger partial charge in [-0.3, -0.25) is 14.7 Å². The van der Waals surface area contributed by atoms with Crippen molar-refractivity contribution in [3.8, 4) is 0 Å². The fourth-order valence-corrected chi connectivity index (χ4v) is 3.77. The molecule has 0 radical (unpaired) electrons. The highest BCUT2D eigenvalue weighted by molar-refractivity contribution is 7.11. The van der Waals surface area contributed by atoms with E-state index >= 15 is 0 Å². The molecule has 0 bridgehead atoms. The summed E-state index contributed by atoms with van der Waals surface area (Å²) in [5.41, 5.74) is 0. The summed E-state index contributed by atoms with van der Waals surface area (Å²) in [6.45, 7) is 7.95. The minimum absolute atomic E-state index is 0.0536. The highest BCUT2D eigenvalue weighted by Gasteiger charge is 2.21. The Morgan fingerprint density at radius 3 is 2.70 bits per heavy atom. The van der Waals surface area contributed by atoms with Crippen molar-refractivity contribution < 1.29 is 9.53 Å². The molecule has 0 saturated carbocycles. The first kappa shape index (κ1) is 21.6. The van der Waals surface area contributed by atoms with Gasteiger partial charge in [-0.1, -0.05) is 6.92 Å². The van der Waals surface area contributed by atoms with Crippen molar-refractivity contribution >= 4 is 23.2 Å². The SMILES string of the molecule is CCc1cnc(CCNC(=NC)N2CCN(CC(=O)NCCOC)CC2)s1. The van der Waals surface area contributed by atoms with Gasteiger partial charge in [-0.2, -0.15) is 0 Å². The number of carbonyl (C=O) groups is 1. The van der Waals surface area contributed by atoms with Crippen molar-refractivity contribution in [3.63, 3.8) is 0 Å². The van der Waals surface area contributed by atoms with Crippen LogP contribution in [-0.2, 0) is 22.4 Å². The zero-order chi connectivity index (χ0) is 19.5. The summed E-state index contributed by atoms with van der Waals surface area (Å²) in [7, 11) is 3.45. The Hall–Kier alpha value is -1.71. The number of piperazine rings is 1. The van der Waals surface area contributed by atoms with Crippen molar-refractivity contribution in [3.05, 3.63) is 16.1 Å². The van der Waals surface area contributed by atoms with Crippen LogP contribution >= 0.6 is 11.3 Å². The van der Waals surface area contributed by atoms with Crippen LogP contribution in [0.1, 0.15) is 16.8 Å². The molecule has 0 aliphatic carbocycles.